The van der Waals surface area contributed by atoms with E-state index in [0.29, 0.717) is 44.3 Å². The van der Waals surface area contributed by atoms with Crippen molar-refractivity contribution in [3.05, 3.63) is 29.8 Å². The van der Waals surface area contributed by atoms with Gasteiger partial charge in [0.25, 0.3) is 0 Å². The number of carbonyl (C=O) groups is 11. The van der Waals surface area contributed by atoms with Crippen molar-refractivity contribution < 1.29 is 136 Å². The molecule has 2 rings (SSSR count). The normalized spacial score (nSPS) is 14.9. The molecule has 1 aromatic rings. The summed E-state index contributed by atoms with van der Waals surface area (Å²) in [6, 6.07) is -1.40. The Morgan fingerprint density at radius 1 is 0.628 bits per heavy atom. The van der Waals surface area contributed by atoms with E-state index in [-0.39, 0.29) is 81.7 Å². The largest absolute Gasteiger partial charge is 0.508 e. The number of aromatic hydroxyl groups is 1. The first-order valence-electron chi connectivity index (χ1n) is 27.6. The van der Waals surface area contributed by atoms with Crippen LogP contribution in [0.15, 0.2) is 34.3 Å². The molecule has 0 saturated carbocycles. The van der Waals surface area contributed by atoms with Crippen LogP contribution >= 0.6 is 0 Å². The third-order valence-electron chi connectivity index (χ3n) is 11.9. The fourth-order valence-corrected chi connectivity index (χ4v) is 7.11. The van der Waals surface area contributed by atoms with Gasteiger partial charge < -0.3 is 90.8 Å². The van der Waals surface area contributed by atoms with Gasteiger partial charge in [0, 0.05) is 32.6 Å². The van der Waals surface area contributed by atoms with Crippen LogP contribution in [0.4, 0.5) is 57.5 Å². The summed E-state index contributed by atoms with van der Waals surface area (Å²) >= 11 is 0. The summed E-state index contributed by atoms with van der Waals surface area (Å²) in [5.41, 5.74) is 29.0. The Labute approximate surface area is 527 Å². The second-order valence-electron chi connectivity index (χ2n) is 20.1. The molecule has 1 heterocycles. The lowest BCUT2D eigenvalue weighted by atomic mass is 9.96. The number of hydrogen-bond donors (Lipinski definition) is 17. The number of benzene rings is 1. The van der Waals surface area contributed by atoms with Crippen LogP contribution in [0.1, 0.15) is 97.5 Å². The van der Waals surface area contributed by atoms with E-state index >= 15 is 0 Å². The first-order valence-corrected chi connectivity index (χ1v) is 27.6. The number of aliphatic carboxylic acids is 5. The monoisotopic (exact) mass is 1390 g/mol. The topological polar surface area (TPSA) is 539 Å². The minimum absolute atomic E-state index is 0.0207. The van der Waals surface area contributed by atoms with Crippen molar-refractivity contribution >= 4 is 77.3 Å². The number of nitrogens with two attached hydrogens (primary N) is 5. The third-order valence-corrected chi connectivity index (χ3v) is 11.9. The molecule has 0 aromatic heterocycles. The summed E-state index contributed by atoms with van der Waals surface area (Å²) < 4.78 is 127. The number of carbonyl (C=O) groups excluding carboxylic acids is 6. The molecular weight excluding hydrogens is 1310 g/mol. The second-order valence-corrected chi connectivity index (χ2v) is 20.1. The molecule has 94 heavy (non-hydrogen) atoms. The molecular formula is C51H78F12N14O17. The zero-order valence-electron chi connectivity index (χ0n) is 50.7. The van der Waals surface area contributed by atoms with E-state index in [1.165, 1.54) is 17.0 Å². The number of halogens is 12. The number of amides is 7. The molecule has 0 bridgehead atoms. The smallest absolute Gasteiger partial charge is 0.490 e. The van der Waals surface area contributed by atoms with Crippen molar-refractivity contribution in [1.82, 2.24) is 36.8 Å². The van der Waals surface area contributed by atoms with Gasteiger partial charge in [-0.25, -0.2) is 28.8 Å². The van der Waals surface area contributed by atoms with Crippen LogP contribution in [0.3, 0.4) is 0 Å². The van der Waals surface area contributed by atoms with Gasteiger partial charge in [0.1, 0.15) is 36.0 Å². The van der Waals surface area contributed by atoms with Crippen LogP contribution in [0.2, 0.25) is 0 Å². The minimum Gasteiger partial charge on any atom is -0.508 e. The number of nitrogens with one attached hydrogen (secondary N) is 6. The summed E-state index contributed by atoms with van der Waals surface area (Å²) in [4.78, 5) is 139. The maximum Gasteiger partial charge on any atom is 0.490 e. The molecule has 1 saturated heterocycles. The van der Waals surface area contributed by atoms with Crippen LogP contribution in [0, 0.1) is 11.8 Å². The number of rotatable bonds is 28. The predicted octanol–water partition coefficient (Wildman–Crippen LogP) is 1.09. The lowest BCUT2D eigenvalue weighted by molar-refractivity contribution is -0.193. The molecule has 43 heteroatoms. The number of carboxylic acid groups (broad SMARTS) is 5. The molecule has 1 aliphatic rings. The van der Waals surface area contributed by atoms with Crippen LogP contribution < -0.4 is 60.6 Å². The summed E-state index contributed by atoms with van der Waals surface area (Å²) in [7, 11) is 0. The Morgan fingerprint density at radius 3 is 1.53 bits per heavy atom. The molecule has 7 atom stereocenters. The van der Waals surface area contributed by atoms with E-state index in [1.807, 2.05) is 20.8 Å². The highest BCUT2D eigenvalue weighted by Crippen LogP contribution is 2.22. The van der Waals surface area contributed by atoms with Crippen LogP contribution in [0.5, 0.6) is 5.75 Å². The SMILES string of the molecule is CC[C@H](C)[C@H](NC(=O)[C@H](Cc1ccc(O)cc1)NC(=O)[C@@H]1CCCN1C(=O)[C@H](CCCN=C(N)N)NC(=O)[C@@H](N)CCCN=C(N)NC(=O)NCCCCN)C(=O)N[C@@H](CC(C)C)C(=O)O.O=C(O)C(F)(F)F.O=C(O)C(F)(F)F.O=C(O)C(F)(F)F.O=C(O)C(F)(F)F. The van der Waals surface area contributed by atoms with E-state index in [9.17, 15) is 96.5 Å². The average Bonchev–Trinajstić information content (AvgIpc) is 1.58. The van der Waals surface area contributed by atoms with Gasteiger partial charge in [0.05, 0.1) is 6.04 Å². The number of hydrogen-bond acceptors (Lipinski definition) is 16. The Hall–Kier alpha value is -9.19. The van der Waals surface area contributed by atoms with Crippen molar-refractivity contribution in [2.45, 2.75) is 159 Å². The molecule has 7 amide bonds. The van der Waals surface area contributed by atoms with E-state index in [0.717, 1.165) is 6.42 Å². The van der Waals surface area contributed by atoms with Gasteiger partial charge in [-0.15, -0.1) is 0 Å². The lowest BCUT2D eigenvalue weighted by Gasteiger charge is -2.31. The standard InChI is InChI=1S/C43H74N14O9.4C2HF3O2/c1-5-26(4)34(38(62)54-32(40(64)65)23-25(2)3)55-36(60)31(24-27-14-16-28(58)17-15-27)53-37(61)33-13-10-22-57(33)39(63)30(12-9-20-49-41(46)47)52-35(59)29(45)11-8-21-50-42(48)56-43(66)51-19-7-6-18-44;4*3-2(4,5)1(6)7/h14-17,25-26,29-34,58H,5-13,18-24,44-45H2,1-4H3,(H,52,59)(H,53,61)(H,54,62)(H,55,60)(H,64,65)(H4,46,47,49)(H4,48,50,51,56,66);4*(H,6,7)/t26-,29-,30-,31-,32-,33-,34-;;;;/m0..../s1. The van der Waals surface area contributed by atoms with Crippen molar-refractivity contribution in [3.63, 3.8) is 0 Å². The Balaban J connectivity index is -0.00000243. The third kappa shape index (κ3) is 40.6. The predicted molar refractivity (Wildman–Crippen MR) is 304 cm³/mol. The molecule has 1 fully saturated rings. The van der Waals surface area contributed by atoms with E-state index in [1.54, 1.807) is 19.1 Å². The van der Waals surface area contributed by atoms with Crippen LogP contribution in [-0.4, -0.2) is 207 Å². The van der Waals surface area contributed by atoms with Crippen molar-refractivity contribution in [1.29, 1.82) is 0 Å². The molecule has 0 aliphatic carbocycles. The summed E-state index contributed by atoms with van der Waals surface area (Å²) in [6.07, 6.45) is -16.8. The van der Waals surface area contributed by atoms with Gasteiger partial charge in [-0.05, 0) is 93.9 Å². The average molecular weight is 1390 g/mol. The van der Waals surface area contributed by atoms with Gasteiger partial charge in [-0.1, -0.05) is 46.2 Å². The molecule has 1 aromatic carbocycles. The maximum atomic E-state index is 14.3. The van der Waals surface area contributed by atoms with E-state index < -0.39 is 132 Å². The Kier molecular flexibility index (Phi) is 41.3. The van der Waals surface area contributed by atoms with Crippen molar-refractivity contribution in [2.24, 2.45) is 50.5 Å². The molecule has 22 N–H and O–H groups in total. The Bertz CT molecular complexity index is 2570. The number of guanidine groups is 2. The highest BCUT2D eigenvalue weighted by molar-refractivity contribution is 5.97. The van der Waals surface area contributed by atoms with Gasteiger partial charge in [0.2, 0.25) is 29.5 Å². The maximum absolute atomic E-state index is 14.3. The molecule has 0 radical (unpaired) electrons. The summed E-state index contributed by atoms with van der Waals surface area (Å²) in [6.45, 7) is 8.59. The number of unbranched alkanes of at least 4 members (excludes halogenated alkanes) is 1. The second kappa shape index (κ2) is 43.6. The van der Waals surface area contributed by atoms with Crippen LogP contribution in [-0.2, 0) is 54.4 Å². The van der Waals surface area contributed by atoms with Crippen LogP contribution in [0.25, 0.3) is 0 Å². The fraction of sp³-hybridized carbons (Fsp3) is 0.627. The summed E-state index contributed by atoms with van der Waals surface area (Å²) in [5.74, 6) is -16.3. The number of phenolic OH excluding ortho intramolecular Hbond substituents is 1. The number of urea groups is 1. The quantitative estimate of drug-likeness (QED) is 0.0242. The lowest BCUT2D eigenvalue weighted by Crippen LogP contribution is -2.60. The molecule has 0 spiro atoms. The highest BCUT2D eigenvalue weighted by Gasteiger charge is 2.42. The zero-order chi connectivity index (χ0) is 73.7. The van der Waals surface area contributed by atoms with Crippen molar-refractivity contribution in [3.8, 4) is 5.75 Å². The molecule has 538 valence electrons. The molecule has 1 aliphatic heterocycles. The summed E-state index contributed by atoms with van der Waals surface area (Å²) in [5, 5.41) is 64.0. The number of carboxylic acids is 5. The first kappa shape index (κ1) is 89.0. The number of aliphatic imine (C=N–C) groups is 2. The number of alkyl halides is 12. The fourth-order valence-electron chi connectivity index (χ4n) is 7.11. The first-order chi connectivity index (χ1) is 43.0. The Morgan fingerprint density at radius 2 is 1.10 bits per heavy atom. The van der Waals surface area contributed by atoms with Gasteiger partial charge in [0.15, 0.2) is 11.9 Å². The van der Waals surface area contributed by atoms with E-state index in [4.69, 9.17) is 68.3 Å². The number of phenols is 1. The minimum atomic E-state index is -5.08. The molecule has 0 unspecified atom stereocenters. The van der Waals surface area contributed by atoms with E-state index in [2.05, 4.69) is 41.9 Å². The van der Waals surface area contributed by atoms with Gasteiger partial charge >= 0.3 is 60.6 Å². The molecule has 31 nitrogen and oxygen atoms in total. The van der Waals surface area contributed by atoms with Gasteiger partial charge in [-0.3, -0.25) is 39.3 Å². The number of nitrogens with zero attached hydrogens (tertiary/aromatic N) is 3. The number of likely N-dealkylation sites (tertiary alicyclic amines) is 1. The van der Waals surface area contributed by atoms with Crippen molar-refractivity contribution in [2.75, 3.05) is 32.7 Å². The zero-order valence-corrected chi connectivity index (χ0v) is 50.7. The van der Waals surface area contributed by atoms with Gasteiger partial charge in [-0.2, -0.15) is 52.7 Å². The highest BCUT2D eigenvalue weighted by atomic mass is 19.4.